The number of sulfonamides is 1. The van der Waals surface area contributed by atoms with E-state index in [2.05, 4.69) is 4.72 Å². The van der Waals surface area contributed by atoms with Gasteiger partial charge in [-0.3, -0.25) is 0 Å². The zero-order valence-electron chi connectivity index (χ0n) is 11.9. The van der Waals surface area contributed by atoms with Crippen LogP contribution in [0.3, 0.4) is 0 Å². The van der Waals surface area contributed by atoms with Crippen LogP contribution in [0, 0.1) is 34.9 Å². The highest BCUT2D eigenvalue weighted by atomic mass is 32.2. The molecule has 2 aliphatic carbocycles. The molecule has 2 saturated carbocycles. The molecule has 0 aliphatic heterocycles. The third-order valence-corrected chi connectivity index (χ3v) is 6.43. The van der Waals surface area contributed by atoms with Crippen molar-refractivity contribution in [1.29, 1.82) is 5.26 Å². The maximum atomic E-state index is 14.0. The number of aliphatic hydroxyl groups is 1. The zero-order chi connectivity index (χ0) is 15.9. The summed E-state index contributed by atoms with van der Waals surface area (Å²) >= 11 is 0. The van der Waals surface area contributed by atoms with Gasteiger partial charge in [0.15, 0.2) is 0 Å². The molecule has 0 amide bonds. The summed E-state index contributed by atoms with van der Waals surface area (Å²) in [5.41, 5.74) is 0.0737. The summed E-state index contributed by atoms with van der Waals surface area (Å²) < 4.78 is 41.4. The van der Waals surface area contributed by atoms with E-state index in [0.29, 0.717) is 5.92 Å². The lowest BCUT2D eigenvalue weighted by atomic mass is 9.86. The zero-order valence-corrected chi connectivity index (χ0v) is 12.7. The van der Waals surface area contributed by atoms with Gasteiger partial charge in [0.05, 0.1) is 11.6 Å². The van der Waals surface area contributed by atoms with Crippen LogP contribution >= 0.6 is 0 Å². The van der Waals surface area contributed by atoms with Gasteiger partial charge in [0.2, 0.25) is 10.0 Å². The number of fused-ring (bicyclic) bond motifs is 2. The minimum absolute atomic E-state index is 0.0653. The van der Waals surface area contributed by atoms with Crippen molar-refractivity contribution < 1.29 is 17.9 Å². The average molecular weight is 324 g/mol. The summed E-state index contributed by atoms with van der Waals surface area (Å²) in [6.07, 6.45) is 2.86. The van der Waals surface area contributed by atoms with Gasteiger partial charge >= 0.3 is 0 Å². The Morgan fingerprint density at radius 2 is 2.09 bits per heavy atom. The summed E-state index contributed by atoms with van der Waals surface area (Å²) in [6, 6.07) is 4.73. The molecule has 7 heteroatoms. The molecule has 3 rings (SSSR count). The van der Waals surface area contributed by atoms with Crippen LogP contribution in [0.4, 0.5) is 4.39 Å². The highest BCUT2D eigenvalue weighted by Gasteiger charge is 2.48. The summed E-state index contributed by atoms with van der Waals surface area (Å²) in [4.78, 5) is -0.453. The molecule has 4 atom stereocenters. The van der Waals surface area contributed by atoms with Crippen molar-refractivity contribution in [2.75, 3.05) is 6.61 Å². The standard InChI is InChI=1S/C15H17FN2O3S/c16-13-5-9(7-17)1-4-14(13)22(20,21)18-15-11-3-2-10(6-11)12(15)8-19/h1,4-5,10-12,15,18-19H,2-3,6,8H2. The lowest BCUT2D eigenvalue weighted by Gasteiger charge is -2.30. The van der Waals surface area contributed by atoms with Gasteiger partial charge in [-0.2, -0.15) is 5.26 Å². The first-order valence-electron chi connectivity index (χ1n) is 7.29. The topological polar surface area (TPSA) is 90.2 Å². The number of nitrogens with one attached hydrogen (secondary N) is 1. The number of rotatable bonds is 4. The van der Waals surface area contributed by atoms with E-state index < -0.39 is 20.7 Å². The smallest absolute Gasteiger partial charge is 0.243 e. The fourth-order valence-electron chi connectivity index (χ4n) is 3.89. The number of hydrogen-bond donors (Lipinski definition) is 2. The third kappa shape index (κ3) is 2.51. The Kier molecular flexibility index (Phi) is 3.93. The van der Waals surface area contributed by atoms with Crippen molar-refractivity contribution in [3.63, 3.8) is 0 Å². The second-order valence-electron chi connectivity index (χ2n) is 6.08. The van der Waals surface area contributed by atoms with Gasteiger partial charge in [0.25, 0.3) is 0 Å². The summed E-state index contributed by atoms with van der Waals surface area (Å²) in [7, 11) is -4.01. The van der Waals surface area contributed by atoms with Gasteiger partial charge in [-0.05, 0) is 49.3 Å². The van der Waals surface area contributed by atoms with E-state index in [4.69, 9.17) is 5.26 Å². The van der Waals surface area contributed by atoms with Crippen molar-refractivity contribution in [3.8, 4) is 6.07 Å². The van der Waals surface area contributed by atoms with Crippen molar-refractivity contribution in [2.45, 2.75) is 30.2 Å². The van der Waals surface area contributed by atoms with E-state index in [1.165, 1.54) is 6.07 Å². The fraction of sp³-hybridized carbons (Fsp3) is 0.533. The summed E-state index contributed by atoms with van der Waals surface area (Å²) in [6.45, 7) is -0.0653. The Hall–Kier alpha value is -1.49. The molecule has 5 nitrogen and oxygen atoms in total. The van der Waals surface area contributed by atoms with Gasteiger partial charge in [-0.1, -0.05) is 0 Å². The van der Waals surface area contributed by atoms with Crippen LogP contribution in [0.1, 0.15) is 24.8 Å². The molecule has 0 spiro atoms. The second-order valence-corrected chi connectivity index (χ2v) is 7.77. The number of aliphatic hydroxyl groups excluding tert-OH is 1. The predicted molar refractivity (Wildman–Crippen MR) is 76.6 cm³/mol. The second kappa shape index (κ2) is 5.61. The van der Waals surface area contributed by atoms with Crippen LogP contribution in [0.2, 0.25) is 0 Å². The summed E-state index contributed by atoms with van der Waals surface area (Å²) in [5, 5.41) is 18.2. The Balaban J connectivity index is 1.87. The molecule has 22 heavy (non-hydrogen) atoms. The van der Waals surface area contributed by atoms with Crippen LogP contribution in [-0.2, 0) is 10.0 Å². The van der Waals surface area contributed by atoms with Crippen LogP contribution < -0.4 is 4.72 Å². The maximum absolute atomic E-state index is 14.0. The van der Waals surface area contributed by atoms with Gasteiger partial charge in [-0.15, -0.1) is 0 Å². The largest absolute Gasteiger partial charge is 0.396 e. The van der Waals surface area contributed by atoms with Crippen LogP contribution in [-0.4, -0.2) is 26.2 Å². The van der Waals surface area contributed by atoms with E-state index in [9.17, 15) is 17.9 Å². The van der Waals surface area contributed by atoms with E-state index >= 15 is 0 Å². The first kappa shape index (κ1) is 15.4. The predicted octanol–water partition coefficient (Wildman–Crippen LogP) is 1.38. The summed E-state index contributed by atoms with van der Waals surface area (Å²) in [5.74, 6) is -0.489. The monoisotopic (exact) mass is 324 g/mol. The molecule has 0 saturated heterocycles. The molecule has 2 N–H and O–H groups in total. The molecule has 0 aromatic heterocycles. The van der Waals surface area contributed by atoms with Crippen molar-refractivity contribution >= 4 is 10.0 Å². The highest BCUT2D eigenvalue weighted by molar-refractivity contribution is 7.89. The molecule has 1 aromatic carbocycles. The molecule has 0 radical (unpaired) electrons. The Morgan fingerprint density at radius 3 is 2.73 bits per heavy atom. The minimum Gasteiger partial charge on any atom is -0.396 e. The number of nitriles is 1. The van der Waals surface area contributed by atoms with E-state index in [-0.39, 0.29) is 30.0 Å². The first-order valence-corrected chi connectivity index (χ1v) is 8.77. The Labute approximate surface area is 128 Å². The molecular formula is C15H17FN2O3S. The molecular weight excluding hydrogens is 307 g/mol. The molecule has 4 unspecified atom stereocenters. The number of hydrogen-bond acceptors (Lipinski definition) is 4. The minimum atomic E-state index is -4.01. The molecule has 118 valence electrons. The first-order chi connectivity index (χ1) is 10.5. The molecule has 2 fully saturated rings. The number of nitrogens with zero attached hydrogens (tertiary/aromatic N) is 1. The van der Waals surface area contributed by atoms with Crippen molar-refractivity contribution in [2.24, 2.45) is 17.8 Å². The third-order valence-electron chi connectivity index (χ3n) is 4.94. The average Bonchev–Trinajstić information content (AvgIpc) is 3.07. The molecule has 0 heterocycles. The highest BCUT2D eigenvalue weighted by Crippen LogP contribution is 2.48. The lowest BCUT2D eigenvalue weighted by Crippen LogP contribution is -2.45. The SMILES string of the molecule is N#Cc1ccc(S(=O)(=O)NC2C3CCC(C3)C2CO)c(F)c1. The van der Waals surface area contributed by atoms with Crippen LogP contribution in [0.15, 0.2) is 23.1 Å². The van der Waals surface area contributed by atoms with Gasteiger partial charge in [0, 0.05) is 18.6 Å². The van der Waals surface area contributed by atoms with Crippen molar-refractivity contribution in [3.05, 3.63) is 29.6 Å². The normalized spacial score (nSPS) is 30.4. The Bertz CT molecular complexity index is 729. The van der Waals surface area contributed by atoms with Crippen LogP contribution in [0.25, 0.3) is 0 Å². The van der Waals surface area contributed by atoms with Gasteiger partial charge in [0.1, 0.15) is 10.7 Å². The Morgan fingerprint density at radius 1 is 1.36 bits per heavy atom. The van der Waals surface area contributed by atoms with Crippen LogP contribution in [0.5, 0.6) is 0 Å². The van der Waals surface area contributed by atoms with Gasteiger partial charge < -0.3 is 5.11 Å². The van der Waals surface area contributed by atoms with Gasteiger partial charge in [-0.25, -0.2) is 17.5 Å². The van der Waals surface area contributed by atoms with E-state index in [0.717, 1.165) is 31.4 Å². The van der Waals surface area contributed by atoms with E-state index in [1.54, 1.807) is 6.07 Å². The number of benzene rings is 1. The fourth-order valence-corrected chi connectivity index (χ4v) is 5.30. The molecule has 1 aromatic rings. The molecule has 2 bridgehead atoms. The molecule has 2 aliphatic rings. The quantitative estimate of drug-likeness (QED) is 0.875. The maximum Gasteiger partial charge on any atom is 0.243 e. The lowest BCUT2D eigenvalue weighted by molar-refractivity contribution is 0.153. The van der Waals surface area contributed by atoms with Crippen molar-refractivity contribution in [1.82, 2.24) is 4.72 Å². The number of halogens is 1. The van der Waals surface area contributed by atoms with E-state index in [1.807, 2.05) is 0 Å².